The summed E-state index contributed by atoms with van der Waals surface area (Å²) in [5, 5.41) is 7.72. The fourth-order valence-electron chi connectivity index (χ4n) is 5.30. The molecule has 1 N–H and O–H groups in total. The Labute approximate surface area is 221 Å². The van der Waals surface area contributed by atoms with Crippen LogP contribution in [0.25, 0.3) is 0 Å². The van der Waals surface area contributed by atoms with Crippen molar-refractivity contribution in [2.24, 2.45) is 0 Å². The summed E-state index contributed by atoms with van der Waals surface area (Å²) in [4.78, 5) is 9.37. The van der Waals surface area contributed by atoms with Crippen LogP contribution in [-0.4, -0.2) is 11.1 Å². The fraction of sp³-hybridized carbons (Fsp3) is 0.970. The zero-order valence-electron chi connectivity index (χ0n) is 24.3. The van der Waals surface area contributed by atoms with Crippen LogP contribution >= 0.6 is 0 Å². The molecule has 0 aromatic carbocycles. The molecule has 3 rings (SSSR count). The third-order valence-corrected chi connectivity index (χ3v) is 7.80. The highest BCUT2D eigenvalue weighted by Crippen LogP contribution is 2.17. The molecule has 3 fully saturated rings. The molecule has 210 valence electrons. The van der Waals surface area contributed by atoms with Crippen LogP contribution in [0, 0.1) is 0 Å². The molecule has 3 aliphatic rings. The Bertz CT molecular complexity index is 245. The molecular formula is C33H66O2. The number of hydrogen-bond acceptors (Lipinski definition) is 1. The van der Waals surface area contributed by atoms with E-state index in [0.717, 1.165) is 0 Å². The number of hydrogen-bond donors (Lipinski definition) is 1. The van der Waals surface area contributed by atoms with E-state index in [9.17, 15) is 4.79 Å². The van der Waals surface area contributed by atoms with Gasteiger partial charge in [0.15, 0.2) is 0 Å². The molecule has 0 radical (unpaired) electrons. The van der Waals surface area contributed by atoms with Crippen LogP contribution in [0.3, 0.4) is 0 Å². The maximum absolute atomic E-state index is 9.37. The van der Waals surface area contributed by atoms with Gasteiger partial charge >= 0.3 is 5.97 Å². The van der Waals surface area contributed by atoms with Crippen molar-refractivity contribution in [1.82, 2.24) is 0 Å². The van der Waals surface area contributed by atoms with E-state index in [-0.39, 0.29) is 6.42 Å². The Morgan fingerprint density at radius 1 is 0.343 bits per heavy atom. The highest BCUT2D eigenvalue weighted by molar-refractivity contribution is 5.66. The van der Waals surface area contributed by atoms with Crippen LogP contribution in [0.1, 0.15) is 206 Å². The fourth-order valence-corrected chi connectivity index (χ4v) is 5.30. The first kappa shape index (κ1) is 34.5. The van der Waals surface area contributed by atoms with E-state index in [0.29, 0.717) is 0 Å². The minimum Gasteiger partial charge on any atom is -0.481 e. The van der Waals surface area contributed by atoms with Gasteiger partial charge in [-0.1, -0.05) is 200 Å². The van der Waals surface area contributed by atoms with Crippen molar-refractivity contribution in [3.05, 3.63) is 0 Å². The van der Waals surface area contributed by atoms with Gasteiger partial charge in [-0.3, -0.25) is 4.79 Å². The largest absolute Gasteiger partial charge is 0.481 e. The smallest absolute Gasteiger partial charge is 0.303 e. The summed E-state index contributed by atoms with van der Waals surface area (Å²) in [6.07, 6.45) is 45.2. The molecule has 0 unspecified atom stereocenters. The molecule has 0 atom stereocenters. The maximum atomic E-state index is 9.37. The van der Waals surface area contributed by atoms with Crippen LogP contribution < -0.4 is 0 Å². The highest BCUT2D eigenvalue weighted by Gasteiger charge is 1.97. The average molecular weight is 495 g/mol. The molecule has 0 heterocycles. The molecule has 0 aromatic rings. The quantitative estimate of drug-likeness (QED) is 0.393. The molecule has 3 saturated carbocycles. The van der Waals surface area contributed by atoms with E-state index in [1.807, 2.05) is 0 Å². The average Bonchev–Trinajstić information content (AvgIpc) is 2.91. The van der Waals surface area contributed by atoms with Crippen LogP contribution in [0.5, 0.6) is 0 Å². The molecule has 0 aliphatic heterocycles. The Morgan fingerprint density at radius 2 is 0.400 bits per heavy atom. The summed E-state index contributed by atoms with van der Waals surface area (Å²) >= 11 is 0. The molecule has 35 heavy (non-hydrogen) atoms. The Balaban J connectivity index is 0.000000453. The Morgan fingerprint density at radius 3 is 0.429 bits per heavy atom. The third-order valence-electron chi connectivity index (χ3n) is 7.80. The molecule has 0 amide bonds. The second-order valence-corrected chi connectivity index (χ2v) is 11.4. The lowest BCUT2D eigenvalue weighted by atomic mass is 10.0. The first-order chi connectivity index (χ1) is 17.3. The lowest BCUT2D eigenvalue weighted by molar-refractivity contribution is -0.136. The molecule has 0 aromatic heterocycles. The van der Waals surface area contributed by atoms with Gasteiger partial charge in [-0.2, -0.15) is 0 Å². The molecule has 3 aliphatic carbocycles. The van der Waals surface area contributed by atoms with Gasteiger partial charge in [0.1, 0.15) is 0 Å². The van der Waals surface area contributed by atoms with Gasteiger partial charge in [-0.05, 0) is 0 Å². The summed E-state index contributed by atoms with van der Waals surface area (Å²) in [5.41, 5.74) is 0. The van der Waals surface area contributed by atoms with Crippen molar-refractivity contribution in [3.8, 4) is 0 Å². The van der Waals surface area contributed by atoms with Gasteiger partial charge in [0.2, 0.25) is 0 Å². The van der Waals surface area contributed by atoms with Gasteiger partial charge < -0.3 is 5.11 Å². The molecular weight excluding hydrogens is 428 g/mol. The zero-order chi connectivity index (χ0) is 25.5. The Hall–Kier alpha value is -0.530. The summed E-state index contributed by atoms with van der Waals surface area (Å²) in [7, 11) is 0. The van der Waals surface area contributed by atoms with Crippen molar-refractivity contribution in [3.63, 3.8) is 0 Å². The second-order valence-electron chi connectivity index (χ2n) is 11.4. The van der Waals surface area contributed by atoms with Crippen molar-refractivity contribution < 1.29 is 9.90 Å². The monoisotopic (exact) mass is 495 g/mol. The van der Waals surface area contributed by atoms with E-state index in [1.54, 1.807) is 6.92 Å². The van der Waals surface area contributed by atoms with E-state index in [4.69, 9.17) is 5.11 Å². The number of carbonyl (C=O) groups is 1. The molecule has 0 saturated heterocycles. The topological polar surface area (TPSA) is 37.3 Å². The van der Waals surface area contributed by atoms with Crippen LogP contribution in [0.4, 0.5) is 0 Å². The van der Waals surface area contributed by atoms with Crippen molar-refractivity contribution in [1.29, 1.82) is 0 Å². The van der Waals surface area contributed by atoms with Crippen LogP contribution in [0.2, 0.25) is 0 Å². The number of rotatable bonds is 1. The van der Waals surface area contributed by atoms with Gasteiger partial charge in [0, 0.05) is 6.42 Å². The standard InChI is InChI=1S/3C10H20.C3H6O2/c3*1-2-4-6-8-10-9-7-5-3-1;1-2-3(4)5/h3*1-10H2;2H2,1H3,(H,4,5). The van der Waals surface area contributed by atoms with Gasteiger partial charge in [0.05, 0.1) is 0 Å². The van der Waals surface area contributed by atoms with Crippen LogP contribution in [0.15, 0.2) is 0 Å². The molecule has 0 spiro atoms. The number of carboxylic acid groups (broad SMARTS) is 1. The minimum atomic E-state index is -0.745. The lowest BCUT2D eigenvalue weighted by Gasteiger charge is -2.05. The highest BCUT2D eigenvalue weighted by atomic mass is 16.4. The van der Waals surface area contributed by atoms with E-state index in [1.165, 1.54) is 193 Å². The van der Waals surface area contributed by atoms with Gasteiger partial charge in [-0.15, -0.1) is 0 Å². The number of carboxylic acids is 1. The van der Waals surface area contributed by atoms with Crippen molar-refractivity contribution >= 4 is 5.97 Å². The predicted molar refractivity (Wildman–Crippen MR) is 156 cm³/mol. The maximum Gasteiger partial charge on any atom is 0.303 e. The number of aliphatic carboxylic acids is 1. The van der Waals surface area contributed by atoms with E-state index >= 15 is 0 Å². The summed E-state index contributed by atoms with van der Waals surface area (Å²) in [5.74, 6) is -0.745. The molecule has 2 nitrogen and oxygen atoms in total. The zero-order valence-corrected chi connectivity index (χ0v) is 24.3. The third kappa shape index (κ3) is 33.5. The predicted octanol–water partition coefficient (Wildman–Crippen LogP) is 12.2. The first-order valence-corrected chi connectivity index (χ1v) is 16.5. The lowest BCUT2D eigenvalue weighted by Crippen LogP contribution is -1.86. The minimum absolute atomic E-state index is 0.222. The van der Waals surface area contributed by atoms with E-state index < -0.39 is 5.97 Å². The summed E-state index contributed by atoms with van der Waals surface area (Å²) in [6.45, 7) is 1.60. The van der Waals surface area contributed by atoms with Gasteiger partial charge in [0.25, 0.3) is 0 Å². The molecule has 0 bridgehead atoms. The summed E-state index contributed by atoms with van der Waals surface area (Å²) < 4.78 is 0. The summed E-state index contributed by atoms with van der Waals surface area (Å²) in [6, 6.07) is 0. The second kappa shape index (κ2) is 31.5. The molecule has 2 heteroatoms. The van der Waals surface area contributed by atoms with Gasteiger partial charge in [-0.25, -0.2) is 0 Å². The Kier molecular flexibility index (Phi) is 31.0. The normalized spacial score (nSPS) is 21.6. The SMILES string of the molecule is C1CCCCCCCCC1.C1CCCCCCCCC1.C1CCCCCCCCC1.CCC(=O)O. The van der Waals surface area contributed by atoms with Crippen LogP contribution in [-0.2, 0) is 4.79 Å². The van der Waals surface area contributed by atoms with E-state index in [2.05, 4.69) is 0 Å². The first-order valence-electron chi connectivity index (χ1n) is 16.5. The van der Waals surface area contributed by atoms with Crippen molar-refractivity contribution in [2.75, 3.05) is 0 Å². The van der Waals surface area contributed by atoms with Crippen molar-refractivity contribution in [2.45, 2.75) is 206 Å².